The minimum absolute atomic E-state index is 0. The van der Waals surface area contributed by atoms with Crippen LogP contribution in [0.15, 0.2) is 6.20 Å². The summed E-state index contributed by atoms with van der Waals surface area (Å²) in [5.74, 6) is 0.479. The lowest BCUT2D eigenvalue weighted by Gasteiger charge is -2.33. The predicted molar refractivity (Wildman–Crippen MR) is 117 cm³/mol. The highest BCUT2D eigenvalue weighted by atomic mass is 35.5. The second-order valence-electron chi connectivity index (χ2n) is 9.09. The fourth-order valence-corrected chi connectivity index (χ4v) is 4.33. The van der Waals surface area contributed by atoms with Crippen LogP contribution in [0, 0.1) is 5.92 Å². The molecule has 2 fully saturated rings. The normalized spacial score (nSPS) is 22.3. The Morgan fingerprint density at radius 2 is 2.03 bits per heavy atom. The van der Waals surface area contributed by atoms with Gasteiger partial charge in [-0.05, 0) is 65.3 Å². The Labute approximate surface area is 180 Å². The van der Waals surface area contributed by atoms with E-state index in [0.717, 1.165) is 56.5 Å². The molecule has 7 nitrogen and oxygen atoms in total. The summed E-state index contributed by atoms with van der Waals surface area (Å²) in [6, 6.07) is -0.0447. The number of hydrogen-bond donors (Lipinski definition) is 2. The van der Waals surface area contributed by atoms with Crippen molar-refractivity contribution in [2.24, 2.45) is 5.92 Å². The van der Waals surface area contributed by atoms with E-state index in [4.69, 9.17) is 0 Å². The van der Waals surface area contributed by atoms with Crippen molar-refractivity contribution in [3.63, 3.8) is 0 Å². The van der Waals surface area contributed by atoms with E-state index in [1.165, 1.54) is 0 Å². The van der Waals surface area contributed by atoms with E-state index < -0.39 is 0 Å². The second-order valence-corrected chi connectivity index (χ2v) is 9.09. The Hall–Kier alpha value is -1.60. The van der Waals surface area contributed by atoms with Gasteiger partial charge in [-0.2, -0.15) is 5.10 Å². The molecule has 0 radical (unpaired) electrons. The minimum Gasteiger partial charge on any atom is -0.354 e. The van der Waals surface area contributed by atoms with Crippen LogP contribution in [0.4, 0.5) is 0 Å². The molecule has 2 saturated heterocycles. The first-order valence-electron chi connectivity index (χ1n) is 10.7. The first-order valence-corrected chi connectivity index (χ1v) is 10.7. The lowest BCUT2D eigenvalue weighted by atomic mass is 9.97. The predicted octanol–water partition coefficient (Wildman–Crippen LogP) is 2.34. The highest BCUT2D eigenvalue weighted by Gasteiger charge is 2.30. The van der Waals surface area contributed by atoms with E-state index in [1.807, 2.05) is 9.58 Å². The molecule has 3 rings (SSSR count). The van der Waals surface area contributed by atoms with Crippen LogP contribution in [-0.2, 0) is 16.8 Å². The summed E-state index contributed by atoms with van der Waals surface area (Å²) >= 11 is 0. The Kier molecular flexibility index (Phi) is 8.11. The molecule has 0 aliphatic carbocycles. The molecule has 1 aromatic rings. The molecule has 29 heavy (non-hydrogen) atoms. The molecule has 2 atom stereocenters. The number of nitrogens with one attached hydrogen (secondary N) is 2. The van der Waals surface area contributed by atoms with Crippen molar-refractivity contribution in [2.75, 3.05) is 26.2 Å². The highest BCUT2D eigenvalue weighted by molar-refractivity contribution is 5.95. The maximum absolute atomic E-state index is 13.2. The van der Waals surface area contributed by atoms with Crippen LogP contribution in [0.2, 0.25) is 0 Å². The quantitative estimate of drug-likeness (QED) is 0.758. The molecule has 2 N–H and O–H groups in total. The summed E-state index contributed by atoms with van der Waals surface area (Å²) in [7, 11) is 0. The summed E-state index contributed by atoms with van der Waals surface area (Å²) in [4.78, 5) is 27.4. The van der Waals surface area contributed by atoms with Crippen LogP contribution >= 0.6 is 12.4 Å². The molecule has 0 saturated carbocycles. The zero-order chi connectivity index (χ0) is 20.3. The molecule has 8 heteroatoms. The van der Waals surface area contributed by atoms with E-state index in [2.05, 4.69) is 43.4 Å². The number of rotatable bonds is 5. The van der Waals surface area contributed by atoms with Gasteiger partial charge in [0.2, 0.25) is 5.91 Å². The first-order chi connectivity index (χ1) is 13.3. The SMILES string of the molecule is CCc1c(C(=O)N2CCCC(CNC(=O)C3CCCN3)C2)cnn1C(C)(C)C.Cl. The number of piperidine rings is 1. The zero-order valence-electron chi connectivity index (χ0n) is 18.2. The van der Waals surface area contributed by atoms with Crippen molar-refractivity contribution < 1.29 is 9.59 Å². The molecule has 164 valence electrons. The number of carbonyl (C=O) groups is 2. The van der Waals surface area contributed by atoms with Crippen molar-refractivity contribution >= 4 is 24.2 Å². The standard InChI is InChI=1S/C21H35N5O2.ClH/c1-5-18-16(13-24-26(18)21(2,3)4)20(28)25-11-7-8-15(14-25)12-23-19(27)17-9-6-10-22-17;/h13,15,17,22H,5-12,14H2,1-4H3,(H,23,27);1H. The average molecular weight is 426 g/mol. The number of halogens is 1. The average Bonchev–Trinajstić information content (AvgIpc) is 3.34. The van der Waals surface area contributed by atoms with Gasteiger partial charge in [-0.15, -0.1) is 12.4 Å². The van der Waals surface area contributed by atoms with Crippen LogP contribution in [0.1, 0.15) is 69.4 Å². The molecule has 3 heterocycles. The lowest BCUT2D eigenvalue weighted by molar-refractivity contribution is -0.123. The van der Waals surface area contributed by atoms with Gasteiger partial charge in [-0.3, -0.25) is 14.3 Å². The highest BCUT2D eigenvalue weighted by Crippen LogP contribution is 2.23. The molecule has 2 amide bonds. The van der Waals surface area contributed by atoms with Crippen LogP contribution in [0.5, 0.6) is 0 Å². The van der Waals surface area contributed by atoms with Crippen LogP contribution in [-0.4, -0.2) is 58.7 Å². The van der Waals surface area contributed by atoms with Crippen molar-refractivity contribution in [3.8, 4) is 0 Å². The van der Waals surface area contributed by atoms with Gasteiger partial charge < -0.3 is 15.5 Å². The molecule has 0 spiro atoms. The third-order valence-electron chi connectivity index (χ3n) is 5.82. The third kappa shape index (κ3) is 5.51. The van der Waals surface area contributed by atoms with Gasteiger partial charge in [0.05, 0.1) is 29.0 Å². The molecule has 0 aromatic carbocycles. The smallest absolute Gasteiger partial charge is 0.257 e. The van der Waals surface area contributed by atoms with E-state index in [0.29, 0.717) is 19.0 Å². The molecule has 2 aliphatic rings. The number of nitrogens with zero attached hydrogens (tertiary/aromatic N) is 3. The summed E-state index contributed by atoms with van der Waals surface area (Å²) in [5, 5.41) is 10.8. The Bertz CT molecular complexity index is 706. The molecular formula is C21H36ClN5O2. The Balaban J connectivity index is 0.00000300. The number of carbonyl (C=O) groups excluding carboxylic acids is 2. The topological polar surface area (TPSA) is 79.3 Å². The number of likely N-dealkylation sites (tertiary alicyclic amines) is 1. The first kappa shape index (κ1) is 23.7. The van der Waals surface area contributed by atoms with Gasteiger partial charge in [-0.1, -0.05) is 6.92 Å². The number of hydrogen-bond acceptors (Lipinski definition) is 4. The van der Waals surface area contributed by atoms with Crippen LogP contribution in [0.3, 0.4) is 0 Å². The number of amides is 2. The van der Waals surface area contributed by atoms with Gasteiger partial charge in [-0.25, -0.2) is 0 Å². The second kappa shape index (κ2) is 9.94. The zero-order valence-corrected chi connectivity index (χ0v) is 19.0. The van der Waals surface area contributed by atoms with Crippen molar-refractivity contribution in [1.82, 2.24) is 25.3 Å². The van der Waals surface area contributed by atoms with Gasteiger partial charge in [0.15, 0.2) is 0 Å². The summed E-state index contributed by atoms with van der Waals surface area (Å²) in [5.41, 5.74) is 1.57. The van der Waals surface area contributed by atoms with Crippen LogP contribution in [0.25, 0.3) is 0 Å². The van der Waals surface area contributed by atoms with Crippen molar-refractivity contribution in [2.45, 2.75) is 71.4 Å². The van der Waals surface area contributed by atoms with Gasteiger partial charge in [0, 0.05) is 19.6 Å². The summed E-state index contributed by atoms with van der Waals surface area (Å²) < 4.78 is 1.97. The monoisotopic (exact) mass is 425 g/mol. The van der Waals surface area contributed by atoms with Crippen molar-refractivity contribution in [3.05, 3.63) is 17.5 Å². The molecule has 1 aromatic heterocycles. The Morgan fingerprint density at radius 1 is 1.28 bits per heavy atom. The Morgan fingerprint density at radius 3 is 2.66 bits per heavy atom. The maximum Gasteiger partial charge on any atom is 0.257 e. The van der Waals surface area contributed by atoms with E-state index in [1.54, 1.807) is 6.20 Å². The fraction of sp³-hybridized carbons (Fsp3) is 0.762. The molecule has 2 aliphatic heterocycles. The van der Waals surface area contributed by atoms with Crippen molar-refractivity contribution in [1.29, 1.82) is 0 Å². The number of aromatic nitrogens is 2. The molecular weight excluding hydrogens is 390 g/mol. The van der Waals surface area contributed by atoms with E-state index >= 15 is 0 Å². The summed E-state index contributed by atoms with van der Waals surface area (Å²) in [6.45, 7) is 11.4. The fourth-order valence-electron chi connectivity index (χ4n) is 4.33. The summed E-state index contributed by atoms with van der Waals surface area (Å²) in [6.07, 6.45) is 6.50. The lowest BCUT2D eigenvalue weighted by Crippen LogP contribution is -2.46. The van der Waals surface area contributed by atoms with Gasteiger partial charge in [0.25, 0.3) is 5.91 Å². The largest absolute Gasteiger partial charge is 0.354 e. The van der Waals surface area contributed by atoms with Gasteiger partial charge >= 0.3 is 0 Å². The minimum atomic E-state index is -0.146. The van der Waals surface area contributed by atoms with E-state index in [9.17, 15) is 9.59 Å². The molecule has 0 bridgehead atoms. The van der Waals surface area contributed by atoms with Gasteiger partial charge in [0.1, 0.15) is 0 Å². The van der Waals surface area contributed by atoms with Crippen LogP contribution < -0.4 is 10.6 Å². The maximum atomic E-state index is 13.2. The molecule has 2 unspecified atom stereocenters. The van der Waals surface area contributed by atoms with E-state index in [-0.39, 0.29) is 35.8 Å². The third-order valence-corrected chi connectivity index (χ3v) is 5.82.